The number of nitrogens with zero attached hydrogens (tertiary/aromatic N) is 3. The number of carboxylic acids is 1. The highest BCUT2D eigenvalue weighted by molar-refractivity contribution is 5.73. The van der Waals surface area contributed by atoms with E-state index >= 15 is 0 Å². The van der Waals surface area contributed by atoms with E-state index in [-0.39, 0.29) is 11.8 Å². The topological polar surface area (TPSA) is 94.0 Å². The molecule has 0 saturated carbocycles. The van der Waals surface area contributed by atoms with Crippen LogP contribution in [0.2, 0.25) is 0 Å². The molecule has 2 aromatic rings. The fourth-order valence-electron chi connectivity index (χ4n) is 2.13. The molecule has 2 rings (SSSR count). The number of benzene rings is 1. The SMILES string of the molecule is CC(C)(C)c1ccccc1-n1cc(CC(N)C(=O)O)nn1. The Hall–Kier alpha value is -2.21. The molecule has 112 valence electrons. The van der Waals surface area contributed by atoms with Gasteiger partial charge < -0.3 is 10.8 Å². The molecule has 1 heterocycles. The van der Waals surface area contributed by atoms with Crippen molar-refractivity contribution in [2.45, 2.75) is 38.6 Å². The lowest BCUT2D eigenvalue weighted by Crippen LogP contribution is -2.32. The van der Waals surface area contributed by atoms with Gasteiger partial charge in [-0.15, -0.1) is 5.10 Å². The molecule has 6 heteroatoms. The minimum Gasteiger partial charge on any atom is -0.480 e. The van der Waals surface area contributed by atoms with Crippen molar-refractivity contribution in [3.63, 3.8) is 0 Å². The average molecular weight is 288 g/mol. The van der Waals surface area contributed by atoms with E-state index in [1.165, 1.54) is 0 Å². The number of para-hydroxylation sites is 1. The van der Waals surface area contributed by atoms with E-state index in [9.17, 15) is 4.79 Å². The van der Waals surface area contributed by atoms with Gasteiger partial charge >= 0.3 is 5.97 Å². The lowest BCUT2D eigenvalue weighted by Gasteiger charge is -2.22. The minimum absolute atomic E-state index is 0.0276. The first-order chi connectivity index (χ1) is 9.79. The lowest BCUT2D eigenvalue weighted by molar-refractivity contribution is -0.138. The smallest absolute Gasteiger partial charge is 0.320 e. The van der Waals surface area contributed by atoms with Crippen LogP contribution in [0.25, 0.3) is 5.69 Å². The summed E-state index contributed by atoms with van der Waals surface area (Å²) >= 11 is 0. The van der Waals surface area contributed by atoms with Gasteiger partial charge in [0.15, 0.2) is 0 Å². The Balaban J connectivity index is 2.33. The number of carbonyl (C=O) groups is 1. The van der Waals surface area contributed by atoms with Crippen molar-refractivity contribution in [3.8, 4) is 5.69 Å². The van der Waals surface area contributed by atoms with E-state index < -0.39 is 12.0 Å². The molecule has 1 atom stereocenters. The molecule has 0 radical (unpaired) electrons. The molecule has 0 amide bonds. The molecule has 1 unspecified atom stereocenters. The molecular formula is C15H20N4O2. The summed E-state index contributed by atoms with van der Waals surface area (Å²) in [6.45, 7) is 6.39. The van der Waals surface area contributed by atoms with Crippen LogP contribution in [-0.4, -0.2) is 32.1 Å². The number of aliphatic carboxylic acids is 1. The quantitative estimate of drug-likeness (QED) is 0.889. The first-order valence-corrected chi connectivity index (χ1v) is 6.78. The third-order valence-corrected chi connectivity index (χ3v) is 3.25. The van der Waals surface area contributed by atoms with E-state index in [1.54, 1.807) is 10.9 Å². The van der Waals surface area contributed by atoms with Crippen LogP contribution >= 0.6 is 0 Å². The summed E-state index contributed by atoms with van der Waals surface area (Å²) in [7, 11) is 0. The van der Waals surface area contributed by atoms with Crippen LogP contribution in [0.4, 0.5) is 0 Å². The van der Waals surface area contributed by atoms with Gasteiger partial charge in [0.25, 0.3) is 0 Å². The van der Waals surface area contributed by atoms with Crippen molar-refractivity contribution < 1.29 is 9.90 Å². The molecule has 0 aliphatic rings. The first-order valence-electron chi connectivity index (χ1n) is 6.78. The molecule has 0 fully saturated rings. The summed E-state index contributed by atoms with van der Waals surface area (Å²) in [6.07, 6.45) is 1.89. The fraction of sp³-hybridized carbons (Fsp3) is 0.400. The van der Waals surface area contributed by atoms with E-state index in [1.807, 2.05) is 18.2 Å². The predicted octanol–water partition coefficient (Wildman–Crippen LogP) is 1.52. The van der Waals surface area contributed by atoms with Gasteiger partial charge in [-0.25, -0.2) is 4.68 Å². The average Bonchev–Trinajstić information content (AvgIpc) is 2.86. The van der Waals surface area contributed by atoms with Crippen LogP contribution in [0.15, 0.2) is 30.5 Å². The summed E-state index contributed by atoms with van der Waals surface area (Å²) in [4.78, 5) is 10.8. The van der Waals surface area contributed by atoms with E-state index in [0.717, 1.165) is 11.3 Å². The van der Waals surface area contributed by atoms with E-state index in [2.05, 4.69) is 37.1 Å². The predicted molar refractivity (Wildman–Crippen MR) is 79.4 cm³/mol. The number of aromatic nitrogens is 3. The largest absolute Gasteiger partial charge is 0.480 e. The molecule has 3 N–H and O–H groups in total. The van der Waals surface area contributed by atoms with E-state index in [4.69, 9.17) is 10.8 Å². The highest BCUT2D eigenvalue weighted by Gasteiger charge is 2.20. The number of hydrogen-bond donors (Lipinski definition) is 2. The summed E-state index contributed by atoms with van der Waals surface area (Å²) < 4.78 is 1.67. The van der Waals surface area contributed by atoms with Gasteiger partial charge in [-0.1, -0.05) is 44.2 Å². The normalized spacial score (nSPS) is 13.1. The maximum absolute atomic E-state index is 10.8. The van der Waals surface area contributed by atoms with Gasteiger partial charge in [0, 0.05) is 6.42 Å². The second kappa shape index (κ2) is 5.65. The van der Waals surface area contributed by atoms with Crippen molar-refractivity contribution in [1.29, 1.82) is 0 Å². The van der Waals surface area contributed by atoms with Gasteiger partial charge in [0.2, 0.25) is 0 Å². The van der Waals surface area contributed by atoms with Gasteiger partial charge in [-0.05, 0) is 17.0 Å². The molecule has 6 nitrogen and oxygen atoms in total. The monoisotopic (exact) mass is 288 g/mol. The standard InChI is InChI=1S/C15H20N4O2/c1-15(2,3)11-6-4-5-7-13(11)19-9-10(17-18-19)8-12(16)14(20)21/h4-7,9,12H,8,16H2,1-3H3,(H,20,21). The number of nitrogens with two attached hydrogens (primary N) is 1. The zero-order valence-electron chi connectivity index (χ0n) is 12.4. The Morgan fingerprint density at radius 3 is 2.67 bits per heavy atom. The highest BCUT2D eigenvalue weighted by Crippen LogP contribution is 2.27. The second-order valence-corrected chi connectivity index (χ2v) is 6.07. The Morgan fingerprint density at radius 2 is 2.05 bits per heavy atom. The number of rotatable bonds is 4. The molecule has 0 spiro atoms. The zero-order chi connectivity index (χ0) is 15.6. The minimum atomic E-state index is -1.04. The summed E-state index contributed by atoms with van der Waals surface area (Å²) in [6, 6.07) is 6.99. The Bertz CT molecular complexity index is 643. The second-order valence-electron chi connectivity index (χ2n) is 6.07. The molecule has 0 aliphatic heterocycles. The summed E-state index contributed by atoms with van der Waals surface area (Å²) in [5, 5.41) is 16.9. The molecule has 21 heavy (non-hydrogen) atoms. The highest BCUT2D eigenvalue weighted by atomic mass is 16.4. The van der Waals surface area contributed by atoms with Gasteiger partial charge in [-0.3, -0.25) is 4.79 Å². The molecule has 1 aromatic heterocycles. The van der Waals surface area contributed by atoms with Gasteiger partial charge in [0.05, 0.1) is 17.6 Å². The van der Waals surface area contributed by atoms with Crippen LogP contribution in [0, 0.1) is 0 Å². The van der Waals surface area contributed by atoms with Crippen LogP contribution in [0.1, 0.15) is 32.0 Å². The van der Waals surface area contributed by atoms with Crippen molar-refractivity contribution in [2.75, 3.05) is 0 Å². The Morgan fingerprint density at radius 1 is 1.38 bits per heavy atom. The van der Waals surface area contributed by atoms with Gasteiger partial charge in [-0.2, -0.15) is 0 Å². The molecule has 0 saturated heterocycles. The summed E-state index contributed by atoms with van der Waals surface area (Å²) in [5.41, 5.74) is 8.14. The van der Waals surface area contributed by atoms with Crippen molar-refractivity contribution in [2.24, 2.45) is 5.73 Å². The maximum Gasteiger partial charge on any atom is 0.320 e. The molecule has 0 bridgehead atoms. The van der Waals surface area contributed by atoms with Crippen LogP contribution < -0.4 is 5.73 Å². The maximum atomic E-state index is 10.8. The summed E-state index contributed by atoms with van der Waals surface area (Å²) in [5.74, 6) is -1.04. The van der Waals surface area contributed by atoms with Crippen molar-refractivity contribution in [1.82, 2.24) is 15.0 Å². The number of hydrogen-bond acceptors (Lipinski definition) is 4. The fourth-order valence-corrected chi connectivity index (χ4v) is 2.13. The number of carboxylic acid groups (broad SMARTS) is 1. The molecule has 0 aliphatic carbocycles. The van der Waals surface area contributed by atoms with E-state index in [0.29, 0.717) is 5.69 Å². The Kier molecular flexibility index (Phi) is 4.09. The lowest BCUT2D eigenvalue weighted by atomic mass is 9.86. The van der Waals surface area contributed by atoms with Crippen LogP contribution in [0.5, 0.6) is 0 Å². The van der Waals surface area contributed by atoms with Crippen LogP contribution in [0.3, 0.4) is 0 Å². The third kappa shape index (κ3) is 3.46. The molecule has 1 aromatic carbocycles. The zero-order valence-corrected chi connectivity index (χ0v) is 12.4. The molecular weight excluding hydrogens is 268 g/mol. The third-order valence-electron chi connectivity index (χ3n) is 3.25. The first kappa shape index (κ1) is 15.2. The van der Waals surface area contributed by atoms with Crippen molar-refractivity contribution in [3.05, 3.63) is 41.7 Å². The van der Waals surface area contributed by atoms with Crippen LogP contribution in [-0.2, 0) is 16.6 Å². The van der Waals surface area contributed by atoms with Gasteiger partial charge in [0.1, 0.15) is 6.04 Å². The Labute approximate surface area is 123 Å². The van der Waals surface area contributed by atoms with Crippen molar-refractivity contribution >= 4 is 5.97 Å².